The first-order valence-corrected chi connectivity index (χ1v) is 13.9. The van der Waals surface area contributed by atoms with Gasteiger partial charge >= 0.3 is 0 Å². The van der Waals surface area contributed by atoms with E-state index in [9.17, 15) is 19.7 Å². The van der Waals surface area contributed by atoms with Gasteiger partial charge in [-0.15, -0.1) is 11.8 Å². The maximum Gasteiger partial charge on any atom is 0.269 e. The molecular weight excluding hydrogens is 498 g/mol. The molecule has 0 bridgehead atoms. The van der Waals surface area contributed by atoms with E-state index in [2.05, 4.69) is 5.32 Å². The third kappa shape index (κ3) is 9.03. The molecule has 0 fully saturated rings. The maximum absolute atomic E-state index is 13.7. The molecule has 0 heterocycles. The Kier molecular flexibility index (Phi) is 10.9. The summed E-state index contributed by atoms with van der Waals surface area (Å²) in [5.41, 5.74) is 4.00. The fourth-order valence-corrected chi connectivity index (χ4v) is 4.79. The van der Waals surface area contributed by atoms with Gasteiger partial charge in [0.25, 0.3) is 5.69 Å². The number of amides is 2. The number of non-ortho nitro benzene ring substituents is 1. The second-order valence-electron chi connectivity index (χ2n) is 9.77. The maximum atomic E-state index is 13.7. The van der Waals surface area contributed by atoms with Crippen molar-refractivity contribution in [2.45, 2.75) is 45.5 Å². The minimum Gasteiger partial charge on any atom is -0.354 e. The molecule has 3 rings (SSSR count). The lowest BCUT2D eigenvalue weighted by molar-refractivity contribution is -0.384. The van der Waals surface area contributed by atoms with Gasteiger partial charge in [-0.3, -0.25) is 19.7 Å². The van der Waals surface area contributed by atoms with Crippen LogP contribution in [0.15, 0.2) is 78.9 Å². The van der Waals surface area contributed by atoms with Crippen molar-refractivity contribution in [3.63, 3.8) is 0 Å². The zero-order chi connectivity index (χ0) is 27.5. The van der Waals surface area contributed by atoms with Gasteiger partial charge in [-0.05, 0) is 29.5 Å². The van der Waals surface area contributed by atoms with Crippen LogP contribution in [-0.4, -0.2) is 40.0 Å². The summed E-state index contributed by atoms with van der Waals surface area (Å²) in [4.78, 5) is 39.3. The van der Waals surface area contributed by atoms with Gasteiger partial charge in [-0.25, -0.2) is 0 Å². The van der Waals surface area contributed by atoms with E-state index in [1.54, 1.807) is 17.0 Å². The van der Waals surface area contributed by atoms with Crippen LogP contribution in [0.2, 0.25) is 0 Å². The van der Waals surface area contributed by atoms with Gasteiger partial charge in [0, 0.05) is 37.4 Å². The zero-order valence-corrected chi connectivity index (χ0v) is 22.9. The van der Waals surface area contributed by atoms with Crippen molar-refractivity contribution in [1.29, 1.82) is 0 Å². The molecule has 1 atom stereocenters. The lowest BCUT2D eigenvalue weighted by atomic mass is 10.0. The number of carbonyl (C=O) groups is 2. The van der Waals surface area contributed by atoms with Crippen molar-refractivity contribution in [2.75, 3.05) is 12.3 Å². The third-order valence-electron chi connectivity index (χ3n) is 6.07. The average Bonchev–Trinajstić information content (AvgIpc) is 2.91. The Hall–Kier alpha value is -3.65. The van der Waals surface area contributed by atoms with E-state index < -0.39 is 11.0 Å². The molecule has 0 radical (unpaired) electrons. The number of nitrogens with zero attached hydrogens (tertiary/aromatic N) is 2. The van der Waals surface area contributed by atoms with Crippen molar-refractivity contribution in [3.05, 3.63) is 111 Å². The Morgan fingerprint density at radius 2 is 1.55 bits per heavy atom. The molecule has 0 aliphatic carbocycles. The molecule has 3 aromatic carbocycles. The van der Waals surface area contributed by atoms with Gasteiger partial charge in [-0.2, -0.15) is 0 Å². The van der Waals surface area contributed by atoms with Crippen molar-refractivity contribution in [2.24, 2.45) is 5.92 Å². The van der Waals surface area contributed by atoms with Crippen LogP contribution in [-0.2, 0) is 28.3 Å². The Balaban J connectivity index is 1.81. The average molecular weight is 534 g/mol. The highest BCUT2D eigenvalue weighted by Gasteiger charge is 2.30. The number of nitro groups is 1. The molecular formula is C30H35N3O4S. The van der Waals surface area contributed by atoms with Crippen LogP contribution in [0.25, 0.3) is 0 Å². The summed E-state index contributed by atoms with van der Waals surface area (Å²) >= 11 is 1.43. The number of thioether (sulfide) groups is 1. The molecule has 0 aromatic heterocycles. The Labute approximate surface area is 228 Å². The van der Waals surface area contributed by atoms with E-state index in [1.165, 1.54) is 23.9 Å². The molecule has 200 valence electrons. The normalized spacial score (nSPS) is 11.7. The molecule has 3 aromatic rings. The molecule has 0 unspecified atom stereocenters. The fraction of sp³-hybridized carbons (Fsp3) is 0.333. The van der Waals surface area contributed by atoms with Crippen molar-refractivity contribution < 1.29 is 14.5 Å². The first kappa shape index (κ1) is 28.9. The number of nitrogens with one attached hydrogen (secondary N) is 1. The van der Waals surface area contributed by atoms with Crippen LogP contribution in [0, 0.1) is 23.0 Å². The molecule has 0 spiro atoms. The molecule has 2 amide bonds. The highest BCUT2D eigenvalue weighted by atomic mass is 32.2. The van der Waals surface area contributed by atoms with Crippen LogP contribution in [0.4, 0.5) is 5.69 Å². The van der Waals surface area contributed by atoms with Gasteiger partial charge in [0.15, 0.2) is 0 Å². The first-order valence-electron chi connectivity index (χ1n) is 12.7. The monoisotopic (exact) mass is 533 g/mol. The van der Waals surface area contributed by atoms with E-state index >= 15 is 0 Å². The van der Waals surface area contributed by atoms with E-state index in [-0.39, 0.29) is 29.2 Å². The van der Waals surface area contributed by atoms with Crippen LogP contribution in [0.5, 0.6) is 0 Å². The molecule has 38 heavy (non-hydrogen) atoms. The first-order chi connectivity index (χ1) is 18.2. The number of carbonyl (C=O) groups excluding carboxylic acids is 2. The lowest BCUT2D eigenvalue weighted by Gasteiger charge is -2.32. The van der Waals surface area contributed by atoms with E-state index in [1.807, 2.05) is 75.4 Å². The molecule has 0 aliphatic heterocycles. The summed E-state index contributed by atoms with van der Waals surface area (Å²) in [6, 6.07) is 23.4. The van der Waals surface area contributed by atoms with E-state index in [0.717, 1.165) is 22.3 Å². The van der Waals surface area contributed by atoms with Crippen molar-refractivity contribution in [3.8, 4) is 0 Å². The molecule has 1 N–H and O–H groups in total. The van der Waals surface area contributed by atoms with Gasteiger partial charge in [0.1, 0.15) is 6.04 Å². The van der Waals surface area contributed by atoms with Crippen molar-refractivity contribution >= 4 is 29.3 Å². The van der Waals surface area contributed by atoms with Crippen LogP contribution >= 0.6 is 11.8 Å². The zero-order valence-electron chi connectivity index (χ0n) is 22.1. The highest BCUT2D eigenvalue weighted by Crippen LogP contribution is 2.20. The lowest BCUT2D eigenvalue weighted by Crippen LogP contribution is -2.51. The van der Waals surface area contributed by atoms with Gasteiger partial charge in [0.05, 0.1) is 10.7 Å². The Morgan fingerprint density at radius 1 is 0.921 bits per heavy atom. The van der Waals surface area contributed by atoms with E-state index in [0.29, 0.717) is 25.3 Å². The van der Waals surface area contributed by atoms with Crippen LogP contribution < -0.4 is 5.32 Å². The fourth-order valence-electron chi connectivity index (χ4n) is 3.92. The topological polar surface area (TPSA) is 92.6 Å². The van der Waals surface area contributed by atoms with Crippen molar-refractivity contribution in [1.82, 2.24) is 10.2 Å². The SMILES string of the molecule is Cc1ccc(CN(C(=O)CSCc2ccc([N+](=O)[O-])cc2)[C@@H](Cc2ccccc2)C(=O)NCC(C)C)cc1. The second kappa shape index (κ2) is 14.3. The minimum atomic E-state index is -0.662. The standard InChI is InChI=1S/C30H35N3O4S/c1-22(2)18-31-30(35)28(17-24-7-5-4-6-8-24)32(19-25-11-9-23(3)10-12-25)29(34)21-38-20-26-13-15-27(16-14-26)33(36)37/h4-16,22,28H,17-21H2,1-3H3,(H,31,35)/t28-/m0/s1. The number of hydrogen-bond donors (Lipinski definition) is 1. The summed E-state index contributed by atoms with van der Waals surface area (Å²) in [7, 11) is 0. The van der Waals surface area contributed by atoms with Gasteiger partial charge < -0.3 is 10.2 Å². The number of aryl methyl sites for hydroxylation is 1. The summed E-state index contributed by atoms with van der Waals surface area (Å²) in [5, 5.41) is 13.9. The summed E-state index contributed by atoms with van der Waals surface area (Å²) in [6.45, 7) is 6.95. The molecule has 0 saturated carbocycles. The number of benzene rings is 3. The van der Waals surface area contributed by atoms with Crippen LogP contribution in [0.1, 0.15) is 36.1 Å². The minimum absolute atomic E-state index is 0.0373. The summed E-state index contributed by atoms with van der Waals surface area (Å²) in [6.07, 6.45) is 0.412. The number of hydrogen-bond acceptors (Lipinski definition) is 5. The predicted molar refractivity (Wildman–Crippen MR) is 153 cm³/mol. The molecule has 0 saturated heterocycles. The molecule has 0 aliphatic rings. The second-order valence-corrected chi connectivity index (χ2v) is 10.8. The Bertz CT molecular complexity index is 1200. The Morgan fingerprint density at radius 3 is 2.16 bits per heavy atom. The number of nitro benzene ring substituents is 1. The molecule has 7 nitrogen and oxygen atoms in total. The van der Waals surface area contributed by atoms with Crippen LogP contribution in [0.3, 0.4) is 0 Å². The predicted octanol–water partition coefficient (Wildman–Crippen LogP) is 5.55. The summed E-state index contributed by atoms with van der Waals surface area (Å²) < 4.78 is 0. The van der Waals surface area contributed by atoms with Gasteiger partial charge in [-0.1, -0.05) is 86.1 Å². The third-order valence-corrected chi connectivity index (χ3v) is 7.06. The summed E-state index contributed by atoms with van der Waals surface area (Å²) in [5.74, 6) is 0.715. The van der Waals surface area contributed by atoms with E-state index in [4.69, 9.17) is 0 Å². The smallest absolute Gasteiger partial charge is 0.269 e. The van der Waals surface area contributed by atoms with Gasteiger partial charge in [0.2, 0.25) is 11.8 Å². The molecule has 8 heteroatoms. The number of rotatable bonds is 13. The highest BCUT2D eigenvalue weighted by molar-refractivity contribution is 7.99. The largest absolute Gasteiger partial charge is 0.354 e. The quantitative estimate of drug-likeness (QED) is 0.230.